The molecule has 0 unspecified atom stereocenters. The minimum absolute atomic E-state index is 0.00740. The molecule has 35 heavy (non-hydrogen) atoms. The number of nitrogens with zero attached hydrogens (tertiary/aromatic N) is 1. The molecule has 1 atom stereocenters. The van der Waals surface area contributed by atoms with Crippen molar-refractivity contribution in [3.8, 4) is 11.5 Å². The molecule has 0 aliphatic rings. The number of anilines is 1. The van der Waals surface area contributed by atoms with E-state index in [1.54, 1.807) is 12.1 Å². The fourth-order valence-electron chi connectivity index (χ4n) is 4.10. The standard InChI is InChI=1S/C29H30N2O4/c1-19(2)18-25(30-23-16-14-21(15-17-23)26(32)7-5-9-28(33)34)20-10-12-22(13-11-20)29-31-24-6-3-4-8-27(24)35-29/h3-4,6,8,10-17,19,25,30H,5,7,9,18H2,1-2H3,(H,33,34)/t25-/m1/s1. The first-order valence-electron chi connectivity index (χ1n) is 12.0. The Labute approximate surface area is 205 Å². The molecule has 0 radical (unpaired) electrons. The van der Waals surface area contributed by atoms with Crippen LogP contribution in [0.4, 0.5) is 5.69 Å². The molecule has 0 saturated carbocycles. The number of Topliss-reactive ketones (excluding diaryl/α,β-unsaturated/α-hetero) is 1. The molecule has 0 aliphatic heterocycles. The molecule has 2 N–H and O–H groups in total. The number of aliphatic carboxylic acids is 1. The Bertz CT molecular complexity index is 1260. The van der Waals surface area contributed by atoms with Gasteiger partial charge >= 0.3 is 5.97 Å². The summed E-state index contributed by atoms with van der Waals surface area (Å²) in [6, 6.07) is 23.5. The van der Waals surface area contributed by atoms with Crippen LogP contribution in [0.5, 0.6) is 0 Å². The quantitative estimate of drug-likeness (QED) is 0.227. The fourth-order valence-corrected chi connectivity index (χ4v) is 4.10. The van der Waals surface area contributed by atoms with Crippen molar-refractivity contribution in [2.24, 2.45) is 5.92 Å². The third-order valence-corrected chi connectivity index (χ3v) is 5.90. The molecule has 4 rings (SSSR count). The van der Waals surface area contributed by atoms with Crippen molar-refractivity contribution < 1.29 is 19.1 Å². The average molecular weight is 471 g/mol. The molecule has 0 spiro atoms. The number of nitrogens with one attached hydrogen (secondary N) is 1. The Balaban J connectivity index is 1.46. The van der Waals surface area contributed by atoms with Crippen molar-refractivity contribution in [1.29, 1.82) is 0 Å². The summed E-state index contributed by atoms with van der Waals surface area (Å²) in [7, 11) is 0. The second-order valence-corrected chi connectivity index (χ2v) is 9.18. The van der Waals surface area contributed by atoms with Gasteiger partial charge in [0, 0.05) is 29.7 Å². The van der Waals surface area contributed by atoms with Gasteiger partial charge in [0.05, 0.1) is 6.04 Å². The predicted molar refractivity (Wildman–Crippen MR) is 138 cm³/mol. The number of rotatable bonds is 11. The number of para-hydroxylation sites is 2. The number of fused-ring (bicyclic) bond motifs is 1. The van der Waals surface area contributed by atoms with Crippen molar-refractivity contribution in [1.82, 2.24) is 4.98 Å². The van der Waals surface area contributed by atoms with Crippen LogP contribution in [0, 0.1) is 5.92 Å². The van der Waals surface area contributed by atoms with Crippen molar-refractivity contribution in [2.45, 2.75) is 45.6 Å². The van der Waals surface area contributed by atoms with Crippen LogP contribution in [0.15, 0.2) is 77.2 Å². The number of carboxylic acids is 1. The Hall–Kier alpha value is -3.93. The first-order chi connectivity index (χ1) is 16.9. The second kappa shape index (κ2) is 11.0. The zero-order valence-corrected chi connectivity index (χ0v) is 20.0. The van der Waals surface area contributed by atoms with Crippen LogP contribution in [-0.2, 0) is 4.79 Å². The lowest BCUT2D eigenvalue weighted by Gasteiger charge is -2.22. The van der Waals surface area contributed by atoms with E-state index in [-0.39, 0.29) is 24.7 Å². The second-order valence-electron chi connectivity index (χ2n) is 9.18. The van der Waals surface area contributed by atoms with Gasteiger partial charge in [-0.3, -0.25) is 9.59 Å². The van der Waals surface area contributed by atoms with E-state index in [0.29, 0.717) is 23.8 Å². The van der Waals surface area contributed by atoms with E-state index in [4.69, 9.17) is 9.52 Å². The highest BCUT2D eigenvalue weighted by Crippen LogP contribution is 2.29. The summed E-state index contributed by atoms with van der Waals surface area (Å²) in [4.78, 5) is 27.5. The van der Waals surface area contributed by atoms with Crippen LogP contribution in [0.3, 0.4) is 0 Å². The highest BCUT2D eigenvalue weighted by molar-refractivity contribution is 5.96. The Kier molecular flexibility index (Phi) is 7.60. The molecule has 0 fully saturated rings. The smallest absolute Gasteiger partial charge is 0.303 e. The molecular formula is C29H30N2O4. The first kappa shape index (κ1) is 24.2. The van der Waals surface area contributed by atoms with Gasteiger partial charge in [-0.15, -0.1) is 0 Å². The number of carbonyl (C=O) groups is 2. The Morgan fingerprint density at radius 3 is 2.31 bits per heavy atom. The fraction of sp³-hybridized carbons (Fsp3) is 0.276. The zero-order valence-electron chi connectivity index (χ0n) is 20.0. The van der Waals surface area contributed by atoms with Crippen LogP contribution in [0.1, 0.15) is 61.5 Å². The normalized spacial score (nSPS) is 12.1. The third-order valence-electron chi connectivity index (χ3n) is 5.90. The highest BCUT2D eigenvalue weighted by Gasteiger charge is 2.16. The maximum Gasteiger partial charge on any atom is 0.303 e. The number of carbonyl (C=O) groups excluding carboxylic acids is 1. The third kappa shape index (κ3) is 6.35. The molecule has 6 heteroatoms. The van der Waals surface area contributed by atoms with Crippen molar-refractivity contribution in [3.05, 3.63) is 83.9 Å². The van der Waals surface area contributed by atoms with Gasteiger partial charge in [0.1, 0.15) is 5.52 Å². The summed E-state index contributed by atoms with van der Waals surface area (Å²) in [5, 5.41) is 12.4. The summed E-state index contributed by atoms with van der Waals surface area (Å²) in [5.74, 6) is 0.177. The molecule has 0 amide bonds. The van der Waals surface area contributed by atoms with E-state index in [9.17, 15) is 9.59 Å². The molecule has 6 nitrogen and oxygen atoms in total. The number of benzene rings is 3. The monoisotopic (exact) mass is 470 g/mol. The van der Waals surface area contributed by atoms with Crippen molar-refractivity contribution >= 4 is 28.5 Å². The van der Waals surface area contributed by atoms with Crippen molar-refractivity contribution in [2.75, 3.05) is 5.32 Å². The summed E-state index contributed by atoms with van der Waals surface area (Å²) in [6.45, 7) is 4.39. The zero-order chi connectivity index (χ0) is 24.8. The van der Waals surface area contributed by atoms with E-state index in [0.717, 1.165) is 34.3 Å². The number of carboxylic acid groups (broad SMARTS) is 1. The predicted octanol–water partition coefficient (Wildman–Crippen LogP) is 7.13. The van der Waals surface area contributed by atoms with Crippen LogP contribution in [-0.4, -0.2) is 21.8 Å². The number of ketones is 1. The molecule has 0 bridgehead atoms. The van der Waals surface area contributed by atoms with E-state index in [2.05, 4.69) is 36.3 Å². The molecule has 180 valence electrons. The Morgan fingerprint density at radius 1 is 0.943 bits per heavy atom. The average Bonchev–Trinajstić information content (AvgIpc) is 3.28. The van der Waals surface area contributed by atoms with E-state index < -0.39 is 5.97 Å². The van der Waals surface area contributed by atoms with Crippen LogP contribution in [0.2, 0.25) is 0 Å². The van der Waals surface area contributed by atoms with Gasteiger partial charge in [-0.25, -0.2) is 4.98 Å². The molecule has 4 aromatic rings. The summed E-state index contributed by atoms with van der Waals surface area (Å²) in [5.41, 5.74) is 5.24. The van der Waals surface area contributed by atoms with Crippen LogP contribution >= 0.6 is 0 Å². The van der Waals surface area contributed by atoms with Gasteiger partial charge in [-0.1, -0.05) is 38.1 Å². The SMILES string of the molecule is CC(C)C[C@@H](Nc1ccc(C(=O)CCCC(=O)O)cc1)c1ccc(-c2nc3ccccc3o2)cc1. The topological polar surface area (TPSA) is 92.4 Å². The lowest BCUT2D eigenvalue weighted by Crippen LogP contribution is -2.13. The van der Waals surface area contributed by atoms with Gasteiger partial charge in [0.25, 0.3) is 0 Å². The number of oxazole rings is 1. The number of hydrogen-bond donors (Lipinski definition) is 2. The van der Waals surface area contributed by atoms with E-state index >= 15 is 0 Å². The van der Waals surface area contributed by atoms with Gasteiger partial charge in [-0.2, -0.15) is 0 Å². The van der Waals surface area contributed by atoms with Gasteiger partial charge < -0.3 is 14.8 Å². The Morgan fingerprint density at radius 2 is 1.66 bits per heavy atom. The first-order valence-corrected chi connectivity index (χ1v) is 12.0. The summed E-state index contributed by atoms with van der Waals surface area (Å²) >= 11 is 0. The van der Waals surface area contributed by atoms with Crippen LogP contribution in [0.25, 0.3) is 22.6 Å². The van der Waals surface area contributed by atoms with E-state index in [1.165, 1.54) is 0 Å². The number of aromatic nitrogens is 1. The molecule has 0 saturated heterocycles. The molecule has 3 aromatic carbocycles. The van der Waals surface area contributed by atoms with E-state index in [1.807, 2.05) is 48.5 Å². The summed E-state index contributed by atoms with van der Waals surface area (Å²) < 4.78 is 5.90. The minimum Gasteiger partial charge on any atom is -0.481 e. The lowest BCUT2D eigenvalue weighted by molar-refractivity contribution is -0.137. The van der Waals surface area contributed by atoms with Gasteiger partial charge in [0.2, 0.25) is 5.89 Å². The summed E-state index contributed by atoms with van der Waals surface area (Å²) in [6.07, 6.45) is 1.54. The minimum atomic E-state index is -0.879. The highest BCUT2D eigenvalue weighted by atomic mass is 16.4. The molecular weight excluding hydrogens is 440 g/mol. The maximum absolute atomic E-state index is 12.3. The maximum atomic E-state index is 12.3. The largest absolute Gasteiger partial charge is 0.481 e. The van der Waals surface area contributed by atoms with Crippen molar-refractivity contribution in [3.63, 3.8) is 0 Å². The van der Waals surface area contributed by atoms with Gasteiger partial charge in [-0.05, 0) is 72.9 Å². The molecule has 1 heterocycles. The molecule has 0 aliphatic carbocycles. The van der Waals surface area contributed by atoms with Gasteiger partial charge in [0.15, 0.2) is 11.4 Å². The lowest BCUT2D eigenvalue weighted by atomic mass is 9.95. The number of hydrogen-bond acceptors (Lipinski definition) is 5. The molecule has 1 aromatic heterocycles. The van der Waals surface area contributed by atoms with Crippen LogP contribution < -0.4 is 5.32 Å².